The molecule has 2 aromatic rings. The van der Waals surface area contributed by atoms with Crippen LogP contribution in [0.3, 0.4) is 0 Å². The average molecular weight is 371 g/mol. The van der Waals surface area contributed by atoms with Crippen LogP contribution in [0.15, 0.2) is 47.4 Å². The van der Waals surface area contributed by atoms with Crippen LogP contribution in [0.2, 0.25) is 0 Å². The van der Waals surface area contributed by atoms with Crippen LogP contribution < -0.4 is 19.1 Å². The van der Waals surface area contributed by atoms with E-state index in [1.165, 1.54) is 14.2 Å². The summed E-state index contributed by atoms with van der Waals surface area (Å²) in [5.41, 5.74) is 1.21. The molecular formula is C19H17NO5S. The van der Waals surface area contributed by atoms with E-state index in [9.17, 15) is 9.59 Å². The second-order valence-electron chi connectivity index (χ2n) is 5.33. The van der Waals surface area contributed by atoms with Gasteiger partial charge in [-0.25, -0.2) is 4.90 Å². The van der Waals surface area contributed by atoms with E-state index >= 15 is 0 Å². The van der Waals surface area contributed by atoms with Gasteiger partial charge < -0.3 is 14.2 Å². The van der Waals surface area contributed by atoms with Gasteiger partial charge in [0.1, 0.15) is 5.75 Å². The highest BCUT2D eigenvalue weighted by atomic mass is 32.2. The zero-order valence-corrected chi connectivity index (χ0v) is 15.3. The number of rotatable bonds is 5. The fourth-order valence-electron chi connectivity index (χ4n) is 2.53. The summed E-state index contributed by atoms with van der Waals surface area (Å²) in [4.78, 5) is 26.5. The monoisotopic (exact) mass is 371 g/mol. The molecular weight excluding hydrogens is 354 g/mol. The number of amides is 2. The Kier molecular flexibility index (Phi) is 5.18. The summed E-state index contributed by atoms with van der Waals surface area (Å²) in [7, 11) is 4.62. The quantitative estimate of drug-likeness (QED) is 0.742. The first-order valence-electron chi connectivity index (χ1n) is 7.71. The fraction of sp³-hybridized carbons (Fsp3) is 0.158. The molecule has 7 heteroatoms. The Morgan fingerprint density at radius 3 is 2.38 bits per heavy atom. The van der Waals surface area contributed by atoms with Crippen LogP contribution in [-0.4, -0.2) is 32.5 Å². The maximum absolute atomic E-state index is 12.7. The maximum Gasteiger partial charge on any atom is 0.298 e. The highest BCUT2D eigenvalue weighted by molar-refractivity contribution is 8.19. The lowest BCUT2D eigenvalue weighted by atomic mass is 10.2. The Morgan fingerprint density at radius 1 is 0.923 bits per heavy atom. The molecule has 0 N–H and O–H groups in total. The van der Waals surface area contributed by atoms with E-state index in [1.807, 2.05) is 0 Å². The Hall–Kier alpha value is -2.93. The fourth-order valence-corrected chi connectivity index (χ4v) is 3.38. The molecule has 1 aliphatic rings. The first-order valence-corrected chi connectivity index (χ1v) is 8.53. The molecule has 0 aliphatic carbocycles. The van der Waals surface area contributed by atoms with Crippen LogP contribution >= 0.6 is 11.8 Å². The number of hydrogen-bond donors (Lipinski definition) is 0. The standard InChI is InChI=1S/C19H17NO5S/c1-23-14-6-4-5-13(11-14)20-18(21)17(26-19(20)22)10-12-7-8-15(24-2)16(9-12)25-3/h4-11H,1-3H3/b17-10-. The minimum Gasteiger partial charge on any atom is -0.497 e. The van der Waals surface area contributed by atoms with Crippen molar-refractivity contribution in [1.82, 2.24) is 0 Å². The third-order valence-corrected chi connectivity index (χ3v) is 4.68. The number of thioether (sulfide) groups is 1. The minimum absolute atomic E-state index is 0.338. The van der Waals surface area contributed by atoms with Gasteiger partial charge in [-0.3, -0.25) is 9.59 Å². The van der Waals surface area contributed by atoms with Gasteiger partial charge in [0.15, 0.2) is 11.5 Å². The third kappa shape index (κ3) is 3.39. The molecule has 0 radical (unpaired) electrons. The van der Waals surface area contributed by atoms with Crippen LogP contribution in [0.4, 0.5) is 10.5 Å². The average Bonchev–Trinajstić information content (AvgIpc) is 2.94. The van der Waals surface area contributed by atoms with Crippen molar-refractivity contribution in [2.24, 2.45) is 0 Å². The van der Waals surface area contributed by atoms with E-state index < -0.39 is 0 Å². The molecule has 1 fully saturated rings. The smallest absolute Gasteiger partial charge is 0.298 e. The van der Waals surface area contributed by atoms with Crippen molar-refractivity contribution in [2.75, 3.05) is 26.2 Å². The lowest BCUT2D eigenvalue weighted by Crippen LogP contribution is -2.27. The molecule has 0 atom stereocenters. The van der Waals surface area contributed by atoms with Gasteiger partial charge in [0.05, 0.1) is 31.9 Å². The van der Waals surface area contributed by atoms with E-state index in [0.717, 1.165) is 22.2 Å². The van der Waals surface area contributed by atoms with E-state index in [4.69, 9.17) is 14.2 Å². The molecule has 3 rings (SSSR count). The predicted octanol–water partition coefficient (Wildman–Crippen LogP) is 3.95. The largest absolute Gasteiger partial charge is 0.497 e. The van der Waals surface area contributed by atoms with Crippen molar-refractivity contribution in [2.45, 2.75) is 0 Å². The lowest BCUT2D eigenvalue weighted by Gasteiger charge is -2.13. The number of carbonyl (C=O) groups excluding carboxylic acids is 2. The predicted molar refractivity (Wildman–Crippen MR) is 101 cm³/mol. The number of anilines is 1. The molecule has 2 amide bonds. The molecule has 6 nitrogen and oxygen atoms in total. The Balaban J connectivity index is 1.92. The van der Waals surface area contributed by atoms with Crippen molar-refractivity contribution in [1.29, 1.82) is 0 Å². The van der Waals surface area contributed by atoms with Crippen LogP contribution in [0.25, 0.3) is 6.08 Å². The molecule has 1 saturated heterocycles. The summed E-state index contributed by atoms with van der Waals surface area (Å²) in [5.74, 6) is 1.34. The molecule has 1 aliphatic heterocycles. The summed E-state index contributed by atoms with van der Waals surface area (Å²) in [6.07, 6.45) is 1.66. The third-order valence-electron chi connectivity index (χ3n) is 3.81. The van der Waals surface area contributed by atoms with Crippen molar-refractivity contribution < 1.29 is 23.8 Å². The van der Waals surface area contributed by atoms with E-state index in [1.54, 1.807) is 55.7 Å². The normalized spacial score (nSPS) is 15.5. The molecule has 1 heterocycles. The zero-order chi connectivity index (χ0) is 18.7. The molecule has 0 aromatic heterocycles. The van der Waals surface area contributed by atoms with Crippen LogP contribution in [0, 0.1) is 0 Å². The molecule has 0 unspecified atom stereocenters. The number of hydrogen-bond acceptors (Lipinski definition) is 6. The van der Waals surface area contributed by atoms with Gasteiger partial charge in [0.2, 0.25) is 0 Å². The molecule has 26 heavy (non-hydrogen) atoms. The van der Waals surface area contributed by atoms with E-state index in [2.05, 4.69) is 0 Å². The maximum atomic E-state index is 12.7. The van der Waals surface area contributed by atoms with Crippen molar-refractivity contribution in [3.8, 4) is 17.2 Å². The minimum atomic E-state index is -0.372. The Morgan fingerprint density at radius 2 is 1.69 bits per heavy atom. The first kappa shape index (κ1) is 17.9. The van der Waals surface area contributed by atoms with Crippen LogP contribution in [0.1, 0.15) is 5.56 Å². The summed E-state index contributed by atoms with van der Waals surface area (Å²) in [5, 5.41) is -0.352. The van der Waals surface area contributed by atoms with Crippen LogP contribution in [0.5, 0.6) is 17.2 Å². The van der Waals surface area contributed by atoms with Crippen molar-refractivity contribution in [3.63, 3.8) is 0 Å². The zero-order valence-electron chi connectivity index (χ0n) is 14.5. The van der Waals surface area contributed by atoms with Gasteiger partial charge in [-0.1, -0.05) is 12.1 Å². The summed E-state index contributed by atoms with van der Waals surface area (Å²) in [6, 6.07) is 12.1. The van der Waals surface area contributed by atoms with Crippen molar-refractivity contribution in [3.05, 3.63) is 52.9 Å². The molecule has 0 saturated carbocycles. The summed E-state index contributed by atoms with van der Waals surface area (Å²) >= 11 is 0.894. The molecule has 0 spiro atoms. The Labute approximate surface area is 155 Å². The SMILES string of the molecule is COc1cccc(N2C(=O)S/C(=C\c3ccc(OC)c(OC)c3)C2=O)c1. The first-order chi connectivity index (χ1) is 12.6. The highest BCUT2D eigenvalue weighted by Gasteiger charge is 2.36. The van der Waals surface area contributed by atoms with Crippen LogP contribution in [-0.2, 0) is 4.79 Å². The highest BCUT2D eigenvalue weighted by Crippen LogP contribution is 2.37. The van der Waals surface area contributed by atoms with Gasteiger partial charge in [-0.05, 0) is 47.7 Å². The Bertz CT molecular complexity index is 893. The number of ether oxygens (including phenoxy) is 3. The van der Waals surface area contributed by atoms with Gasteiger partial charge in [-0.15, -0.1) is 0 Å². The van der Waals surface area contributed by atoms with Gasteiger partial charge >= 0.3 is 0 Å². The second-order valence-corrected chi connectivity index (χ2v) is 6.33. The number of carbonyl (C=O) groups is 2. The molecule has 0 bridgehead atoms. The van der Waals surface area contributed by atoms with Gasteiger partial charge in [0, 0.05) is 6.07 Å². The number of imide groups is 1. The molecule has 134 valence electrons. The van der Waals surface area contributed by atoms with Gasteiger partial charge in [-0.2, -0.15) is 0 Å². The van der Waals surface area contributed by atoms with E-state index in [-0.39, 0.29) is 11.1 Å². The summed E-state index contributed by atoms with van der Waals surface area (Å²) < 4.78 is 15.6. The number of nitrogens with zero attached hydrogens (tertiary/aromatic N) is 1. The molecule has 2 aromatic carbocycles. The second kappa shape index (κ2) is 7.53. The van der Waals surface area contributed by atoms with Crippen molar-refractivity contribution >= 4 is 34.7 Å². The number of methoxy groups -OCH3 is 3. The summed E-state index contributed by atoms with van der Waals surface area (Å²) in [6.45, 7) is 0. The number of benzene rings is 2. The topological polar surface area (TPSA) is 65.1 Å². The van der Waals surface area contributed by atoms with Gasteiger partial charge in [0.25, 0.3) is 11.1 Å². The van der Waals surface area contributed by atoms with E-state index in [0.29, 0.717) is 27.8 Å². The lowest BCUT2D eigenvalue weighted by molar-refractivity contribution is -0.113.